The standard InChI is InChI=1S/C30H43N7O5.C29H41ClN6O5.C5H11N/c1-4-34(5-2)28-31-21-25(37(6-3)29(40)35-16-8-7-9-17-35)26(33-28)32-24(27(38)39)20-22-12-14-23(15-13-22)42-30(41)36-18-10-11-19-36;1-7-34(8-2)27-31-19-23(36(9-3)26(30)38)24(33-27)32-22(25(37)41-29(4,5)6)18-20-12-14-21(15-13-20)40-28(39)35-16-10-11-17-35;1-2-4-6-5-3-1/h12-15,21,24H,4-11,16-20H2,1-3H3,(H,38,39)(H,31,32,33);12-15,19,22H,7-11,16-18H2,1-6H3,(H,31,32,33);6H,1-5H2/t24-;22-;/m00./s1. The zero-order valence-corrected chi connectivity index (χ0v) is 54.5. The molecule has 2 aromatic carbocycles. The van der Waals surface area contributed by atoms with Crippen LogP contribution in [-0.2, 0) is 27.2 Å². The van der Waals surface area contributed by atoms with Crippen molar-refractivity contribution in [3.05, 3.63) is 72.1 Å². The highest BCUT2D eigenvalue weighted by atomic mass is 35.5. The van der Waals surface area contributed by atoms with Crippen molar-refractivity contribution in [2.75, 3.05) is 122 Å². The van der Waals surface area contributed by atoms with Gasteiger partial charge in [-0.05, 0) is 180 Å². The number of urea groups is 1. The Morgan fingerprint density at radius 1 is 0.562 bits per heavy atom. The number of amides is 5. The molecule has 4 aromatic rings. The number of piperidine rings is 2. The van der Waals surface area contributed by atoms with Crippen LogP contribution < -0.4 is 45.0 Å². The fourth-order valence-corrected chi connectivity index (χ4v) is 10.8. The molecule has 4 fully saturated rings. The van der Waals surface area contributed by atoms with Crippen LogP contribution in [0.15, 0.2) is 60.9 Å². The zero-order valence-electron chi connectivity index (χ0n) is 53.7. The number of carbonyl (C=O) groups is 6. The molecule has 4 aliphatic heterocycles. The minimum Gasteiger partial charge on any atom is -0.480 e. The molecule has 89 heavy (non-hydrogen) atoms. The van der Waals surface area contributed by atoms with Crippen molar-refractivity contribution in [1.29, 1.82) is 0 Å². The number of hydrogen-bond donors (Lipinski definition) is 4. The number of ether oxygens (including phenoxy) is 3. The summed E-state index contributed by atoms with van der Waals surface area (Å²) in [5, 5.41) is 19.1. The van der Waals surface area contributed by atoms with Gasteiger partial charge in [-0.25, -0.2) is 33.9 Å². The van der Waals surface area contributed by atoms with Crippen molar-refractivity contribution in [1.82, 2.24) is 40.0 Å². The first kappa shape index (κ1) is 70.4. The van der Waals surface area contributed by atoms with E-state index in [2.05, 4.69) is 25.9 Å². The number of anilines is 6. The molecule has 5 amide bonds. The number of carboxylic acid groups (broad SMARTS) is 1. The van der Waals surface area contributed by atoms with Crippen LogP contribution in [0.1, 0.15) is 138 Å². The van der Waals surface area contributed by atoms with E-state index in [4.69, 9.17) is 35.8 Å². The molecule has 0 saturated carbocycles. The van der Waals surface area contributed by atoms with Crippen LogP contribution in [0.3, 0.4) is 0 Å². The Morgan fingerprint density at radius 2 is 0.955 bits per heavy atom. The number of carboxylic acids is 1. The van der Waals surface area contributed by atoms with E-state index in [0.29, 0.717) is 113 Å². The van der Waals surface area contributed by atoms with Gasteiger partial charge >= 0.3 is 35.5 Å². The Morgan fingerprint density at radius 3 is 1.33 bits per heavy atom. The number of aliphatic carboxylic acids is 1. The number of nitrogens with zero attached hydrogens (tertiary/aromatic N) is 11. The minimum atomic E-state index is -1.06. The second-order valence-electron chi connectivity index (χ2n) is 23.1. The van der Waals surface area contributed by atoms with E-state index in [1.807, 2.05) is 49.3 Å². The number of benzene rings is 2. The summed E-state index contributed by atoms with van der Waals surface area (Å²) in [5.41, 5.74) is 1.61. The van der Waals surface area contributed by atoms with Gasteiger partial charge in [-0.15, -0.1) is 0 Å². The molecular formula is C64H95ClN14O10. The highest BCUT2D eigenvalue weighted by Gasteiger charge is 2.32. The highest BCUT2D eigenvalue weighted by Crippen LogP contribution is 2.31. The van der Waals surface area contributed by atoms with Crippen LogP contribution >= 0.6 is 11.6 Å². The molecule has 4 saturated heterocycles. The SMILES string of the molecule is C1CCNCC1.CCN(CC)c1ncc(N(CC)C(=O)Cl)c(N[C@@H](Cc2ccc(OC(=O)N3CCCC3)cc2)C(=O)OC(C)(C)C)n1.CCN(CC)c1ncc(N(CC)C(=O)N2CCCCC2)c(N[C@@H](Cc2ccc(OC(=O)N3CCCC3)cc2)C(=O)O)n1. The molecule has 8 rings (SSSR count). The number of aromatic nitrogens is 4. The number of nitrogens with one attached hydrogen (secondary N) is 3. The van der Waals surface area contributed by atoms with Crippen LogP contribution in [0, 0.1) is 0 Å². The second-order valence-corrected chi connectivity index (χ2v) is 23.4. The van der Waals surface area contributed by atoms with Gasteiger partial charge in [-0.2, -0.15) is 9.97 Å². The van der Waals surface area contributed by atoms with Gasteiger partial charge in [0.05, 0.1) is 12.4 Å². The van der Waals surface area contributed by atoms with Gasteiger partial charge in [0.25, 0.3) is 0 Å². The van der Waals surface area contributed by atoms with Gasteiger partial charge in [-0.1, -0.05) is 30.7 Å². The van der Waals surface area contributed by atoms with Gasteiger partial charge in [0, 0.05) is 91.4 Å². The maximum atomic E-state index is 13.5. The molecule has 2 atom stereocenters. The summed E-state index contributed by atoms with van der Waals surface area (Å²) < 4.78 is 16.7. The van der Waals surface area contributed by atoms with Crippen LogP contribution in [0.5, 0.6) is 11.5 Å². The number of hydrogen-bond acceptors (Lipinski definition) is 18. The quantitative estimate of drug-likeness (QED) is 0.0324. The lowest BCUT2D eigenvalue weighted by Crippen LogP contribution is -2.46. The van der Waals surface area contributed by atoms with Gasteiger partial charge in [-0.3, -0.25) is 14.6 Å². The van der Waals surface area contributed by atoms with Crippen LogP contribution in [0.4, 0.5) is 54.1 Å². The normalized spacial score (nSPS) is 15.4. The first-order valence-corrected chi connectivity index (χ1v) is 32.3. The predicted octanol–water partition coefficient (Wildman–Crippen LogP) is 10.7. The third kappa shape index (κ3) is 21.5. The highest BCUT2D eigenvalue weighted by molar-refractivity contribution is 6.66. The molecule has 25 heteroatoms. The number of carbonyl (C=O) groups excluding carboxylic acids is 5. The third-order valence-corrected chi connectivity index (χ3v) is 15.8. The van der Waals surface area contributed by atoms with E-state index in [1.165, 1.54) is 43.4 Å². The van der Waals surface area contributed by atoms with E-state index >= 15 is 0 Å². The van der Waals surface area contributed by atoms with Crippen LogP contribution in [0.2, 0.25) is 0 Å². The maximum absolute atomic E-state index is 13.5. The molecular weight excluding hydrogens is 1160 g/mol. The van der Waals surface area contributed by atoms with Gasteiger partial charge in [0.1, 0.15) is 40.6 Å². The molecule has 2 aromatic heterocycles. The van der Waals surface area contributed by atoms with E-state index in [-0.39, 0.29) is 43.4 Å². The lowest BCUT2D eigenvalue weighted by atomic mass is 10.0. The molecule has 0 radical (unpaired) electrons. The summed E-state index contributed by atoms with van der Waals surface area (Å²) in [6.45, 7) is 27.1. The molecule has 6 heterocycles. The topological polar surface area (TPSA) is 261 Å². The van der Waals surface area contributed by atoms with Crippen molar-refractivity contribution >= 4 is 82.0 Å². The Labute approximate surface area is 530 Å². The molecule has 0 bridgehead atoms. The number of likely N-dealkylation sites (tertiary alicyclic amines) is 3. The minimum absolute atomic E-state index is 0.134. The first-order chi connectivity index (χ1) is 42.8. The second kappa shape index (κ2) is 35.5. The third-order valence-electron chi connectivity index (χ3n) is 15.6. The van der Waals surface area contributed by atoms with Crippen molar-refractivity contribution in [2.24, 2.45) is 0 Å². The lowest BCUT2D eigenvalue weighted by Gasteiger charge is -2.33. The molecule has 24 nitrogen and oxygen atoms in total. The molecule has 0 unspecified atom stereocenters. The fourth-order valence-electron chi connectivity index (χ4n) is 10.6. The molecule has 4 aliphatic rings. The summed E-state index contributed by atoms with van der Waals surface area (Å²) in [5.74, 6) is 0.774. The summed E-state index contributed by atoms with van der Waals surface area (Å²) in [7, 11) is 0. The number of halogens is 1. The Balaban J connectivity index is 0.000000259. The smallest absolute Gasteiger partial charge is 0.415 e. The average Bonchev–Trinajstić information content (AvgIpc) is 3.02. The van der Waals surface area contributed by atoms with Crippen LogP contribution in [0.25, 0.3) is 0 Å². The monoisotopic (exact) mass is 1250 g/mol. The predicted molar refractivity (Wildman–Crippen MR) is 348 cm³/mol. The van der Waals surface area contributed by atoms with E-state index in [0.717, 1.165) is 56.1 Å². The largest absolute Gasteiger partial charge is 0.480 e. The Kier molecular flexibility index (Phi) is 28.0. The lowest BCUT2D eigenvalue weighted by molar-refractivity contribution is -0.155. The average molecular weight is 1260 g/mol. The van der Waals surface area contributed by atoms with E-state index in [9.17, 15) is 33.9 Å². The zero-order chi connectivity index (χ0) is 64.5. The Hall–Kier alpha value is -7.73. The molecule has 0 aliphatic carbocycles. The molecule has 4 N–H and O–H groups in total. The number of rotatable bonds is 22. The van der Waals surface area contributed by atoms with Crippen molar-refractivity contribution < 1.29 is 48.1 Å². The van der Waals surface area contributed by atoms with E-state index in [1.54, 1.807) is 97.1 Å². The summed E-state index contributed by atoms with van der Waals surface area (Å²) in [4.78, 5) is 107. The molecule has 0 spiro atoms. The summed E-state index contributed by atoms with van der Waals surface area (Å²) in [6, 6.07) is 11.8. The number of esters is 1. The van der Waals surface area contributed by atoms with Crippen molar-refractivity contribution in [3.63, 3.8) is 0 Å². The van der Waals surface area contributed by atoms with Crippen LogP contribution in [-0.4, -0.2) is 185 Å². The van der Waals surface area contributed by atoms with Gasteiger partial charge < -0.3 is 59.8 Å². The van der Waals surface area contributed by atoms with Gasteiger partial charge in [0.2, 0.25) is 11.9 Å². The van der Waals surface area contributed by atoms with Crippen molar-refractivity contribution in [2.45, 2.75) is 157 Å². The maximum Gasteiger partial charge on any atom is 0.415 e. The van der Waals surface area contributed by atoms with Gasteiger partial charge in [0.15, 0.2) is 11.6 Å². The molecule has 488 valence electrons. The summed E-state index contributed by atoms with van der Waals surface area (Å²) in [6.07, 6.45) is 13.9. The van der Waals surface area contributed by atoms with Crippen molar-refractivity contribution in [3.8, 4) is 11.5 Å². The van der Waals surface area contributed by atoms with E-state index < -0.39 is 35.0 Å². The summed E-state index contributed by atoms with van der Waals surface area (Å²) >= 11 is 5.88. The first-order valence-electron chi connectivity index (χ1n) is 31.9. The fraction of sp³-hybridized carbons (Fsp3) is 0.594. The Bertz CT molecular complexity index is 2880.